The Balaban J connectivity index is 1.45. The second kappa shape index (κ2) is 10.1. The number of hydrogen-bond acceptors (Lipinski definition) is 7. The van der Waals surface area contributed by atoms with Gasteiger partial charge in [0.05, 0.1) is 25.9 Å². The van der Waals surface area contributed by atoms with Crippen molar-refractivity contribution < 1.29 is 27.4 Å². The molecule has 0 aliphatic carbocycles. The van der Waals surface area contributed by atoms with E-state index in [1.807, 2.05) is 13.0 Å². The lowest BCUT2D eigenvalue weighted by molar-refractivity contribution is -0.141. The Bertz CT molecular complexity index is 1150. The second-order valence-corrected chi connectivity index (χ2v) is 7.69. The van der Waals surface area contributed by atoms with Gasteiger partial charge in [-0.3, -0.25) is 9.78 Å². The molecule has 1 aliphatic heterocycles. The number of ether oxygens (including phenoxy) is 2. The molecule has 0 saturated carbocycles. The zero-order chi connectivity index (χ0) is 24.1. The van der Waals surface area contributed by atoms with Crippen LogP contribution in [-0.2, 0) is 15.7 Å². The number of benzene rings is 1. The molecule has 1 unspecified atom stereocenters. The number of aromatic nitrogens is 3. The fourth-order valence-electron chi connectivity index (χ4n) is 3.38. The fraction of sp³-hybridized carbons (Fsp3) is 0.304. The van der Waals surface area contributed by atoms with Gasteiger partial charge >= 0.3 is 6.18 Å². The highest BCUT2D eigenvalue weighted by atomic mass is 19.4. The lowest BCUT2D eigenvalue weighted by Gasteiger charge is -2.22. The highest BCUT2D eigenvalue weighted by Gasteiger charge is 2.32. The summed E-state index contributed by atoms with van der Waals surface area (Å²) in [7, 11) is 0. The van der Waals surface area contributed by atoms with Crippen molar-refractivity contribution in [2.45, 2.75) is 19.2 Å². The lowest BCUT2D eigenvalue weighted by atomic mass is 10.0. The third-order valence-corrected chi connectivity index (χ3v) is 4.98. The van der Waals surface area contributed by atoms with Crippen molar-refractivity contribution in [1.29, 1.82) is 0 Å². The van der Waals surface area contributed by atoms with Gasteiger partial charge in [0.1, 0.15) is 11.4 Å². The number of amides is 1. The van der Waals surface area contributed by atoms with E-state index in [1.165, 1.54) is 0 Å². The molecule has 1 aliphatic rings. The Morgan fingerprint density at radius 2 is 1.97 bits per heavy atom. The number of halogens is 3. The first-order chi connectivity index (χ1) is 16.3. The number of rotatable bonds is 6. The molecule has 1 atom stereocenters. The smallest absolute Gasteiger partial charge is 0.376 e. The second-order valence-electron chi connectivity index (χ2n) is 7.69. The fourth-order valence-corrected chi connectivity index (χ4v) is 3.38. The lowest BCUT2D eigenvalue weighted by Crippen LogP contribution is -2.39. The predicted molar refractivity (Wildman–Crippen MR) is 118 cm³/mol. The average molecular weight is 473 g/mol. The molecule has 0 bridgehead atoms. The quantitative estimate of drug-likeness (QED) is 0.563. The summed E-state index contributed by atoms with van der Waals surface area (Å²) in [6.45, 7) is 3.67. The van der Waals surface area contributed by atoms with Crippen LogP contribution in [0.4, 0.5) is 24.8 Å². The van der Waals surface area contributed by atoms with E-state index in [0.717, 1.165) is 29.0 Å². The van der Waals surface area contributed by atoms with Crippen molar-refractivity contribution >= 4 is 17.5 Å². The molecule has 1 aromatic carbocycles. The summed E-state index contributed by atoms with van der Waals surface area (Å²) >= 11 is 0. The number of nitrogens with zero attached hydrogens (tertiary/aromatic N) is 3. The third-order valence-electron chi connectivity index (χ3n) is 4.98. The van der Waals surface area contributed by atoms with Crippen LogP contribution < -0.4 is 10.6 Å². The molecule has 0 spiro atoms. The van der Waals surface area contributed by atoms with Gasteiger partial charge in [-0.05, 0) is 42.3 Å². The number of anilines is 2. The molecule has 2 aromatic heterocycles. The highest BCUT2D eigenvalue weighted by molar-refractivity contribution is 5.92. The summed E-state index contributed by atoms with van der Waals surface area (Å²) in [6, 6.07) is 9.57. The SMILES string of the molecule is Cc1cc(Nc2nccc(C(F)(F)F)n2)cc(-c2ccc(C(=O)NCC3COCCO3)nc2)c1. The molecule has 11 heteroatoms. The van der Waals surface area contributed by atoms with Crippen LogP contribution in [0.2, 0.25) is 0 Å². The van der Waals surface area contributed by atoms with Gasteiger partial charge < -0.3 is 20.1 Å². The molecule has 178 valence electrons. The zero-order valence-electron chi connectivity index (χ0n) is 18.2. The van der Waals surface area contributed by atoms with Crippen molar-refractivity contribution in [1.82, 2.24) is 20.3 Å². The number of aryl methyl sites for hydroxylation is 1. The van der Waals surface area contributed by atoms with Crippen LogP contribution in [0.1, 0.15) is 21.7 Å². The summed E-state index contributed by atoms with van der Waals surface area (Å²) in [5.41, 5.74) is 2.11. The summed E-state index contributed by atoms with van der Waals surface area (Å²) < 4.78 is 49.6. The van der Waals surface area contributed by atoms with Gasteiger partial charge in [0.15, 0.2) is 0 Å². The van der Waals surface area contributed by atoms with Crippen molar-refractivity contribution in [2.75, 3.05) is 31.7 Å². The van der Waals surface area contributed by atoms with E-state index < -0.39 is 11.9 Å². The zero-order valence-corrected chi connectivity index (χ0v) is 18.2. The molecule has 3 aromatic rings. The summed E-state index contributed by atoms with van der Waals surface area (Å²) in [5.74, 6) is -0.488. The molecular formula is C23H22F3N5O3. The molecule has 4 rings (SSSR count). The standard InChI is InChI=1S/C23H22F3N5O3/c1-14-8-16(10-17(9-14)30-22-27-5-4-20(31-22)23(24,25)26)15-2-3-19(28-11-15)21(32)29-12-18-13-33-6-7-34-18/h2-5,8-11,18H,6-7,12-13H2,1H3,(H,29,32)(H,27,30,31). The summed E-state index contributed by atoms with van der Waals surface area (Å²) in [4.78, 5) is 24.0. The molecule has 1 saturated heterocycles. The van der Waals surface area contributed by atoms with Crippen LogP contribution in [0.15, 0.2) is 48.8 Å². The average Bonchev–Trinajstić information content (AvgIpc) is 2.82. The molecule has 3 heterocycles. The maximum Gasteiger partial charge on any atom is 0.433 e. The monoisotopic (exact) mass is 473 g/mol. The first-order valence-corrected chi connectivity index (χ1v) is 10.5. The van der Waals surface area contributed by atoms with E-state index in [1.54, 1.807) is 30.5 Å². The van der Waals surface area contributed by atoms with Gasteiger partial charge in [-0.2, -0.15) is 13.2 Å². The van der Waals surface area contributed by atoms with Crippen molar-refractivity contribution in [2.24, 2.45) is 0 Å². The molecule has 0 radical (unpaired) electrons. The molecular weight excluding hydrogens is 451 g/mol. The van der Waals surface area contributed by atoms with Crippen molar-refractivity contribution in [3.63, 3.8) is 0 Å². The van der Waals surface area contributed by atoms with E-state index in [-0.39, 0.29) is 23.7 Å². The molecule has 8 nitrogen and oxygen atoms in total. The van der Waals surface area contributed by atoms with Gasteiger partial charge in [-0.25, -0.2) is 9.97 Å². The number of carbonyl (C=O) groups excluding carboxylic acids is 1. The van der Waals surface area contributed by atoms with E-state index in [2.05, 4.69) is 25.6 Å². The van der Waals surface area contributed by atoms with Gasteiger partial charge in [0, 0.05) is 30.2 Å². The largest absolute Gasteiger partial charge is 0.433 e. The minimum absolute atomic E-state index is 0.163. The predicted octanol–water partition coefficient (Wildman–Crippen LogP) is 3.75. The van der Waals surface area contributed by atoms with Crippen LogP contribution in [0, 0.1) is 6.92 Å². The van der Waals surface area contributed by atoms with Crippen molar-refractivity contribution in [3.8, 4) is 11.1 Å². The number of carbonyl (C=O) groups is 1. The Morgan fingerprint density at radius 3 is 2.68 bits per heavy atom. The van der Waals surface area contributed by atoms with E-state index >= 15 is 0 Å². The number of hydrogen-bond donors (Lipinski definition) is 2. The molecule has 2 N–H and O–H groups in total. The Kier molecular flexibility index (Phi) is 7.03. The van der Waals surface area contributed by atoms with Crippen LogP contribution in [0.25, 0.3) is 11.1 Å². The van der Waals surface area contributed by atoms with Crippen LogP contribution >= 0.6 is 0 Å². The first kappa shape index (κ1) is 23.6. The first-order valence-electron chi connectivity index (χ1n) is 10.5. The summed E-state index contributed by atoms with van der Waals surface area (Å²) in [6.07, 6.45) is -2.13. The molecule has 1 amide bonds. The number of alkyl halides is 3. The van der Waals surface area contributed by atoms with Crippen LogP contribution in [0.5, 0.6) is 0 Å². The third kappa shape index (κ3) is 6.06. The Labute approximate surface area is 193 Å². The Hall–Kier alpha value is -3.57. The van der Waals surface area contributed by atoms with Gasteiger partial charge in [0.25, 0.3) is 5.91 Å². The topological polar surface area (TPSA) is 98.3 Å². The van der Waals surface area contributed by atoms with E-state index in [0.29, 0.717) is 32.1 Å². The maximum atomic E-state index is 12.9. The van der Waals surface area contributed by atoms with E-state index in [4.69, 9.17) is 9.47 Å². The minimum Gasteiger partial charge on any atom is -0.376 e. The maximum absolute atomic E-state index is 12.9. The van der Waals surface area contributed by atoms with E-state index in [9.17, 15) is 18.0 Å². The van der Waals surface area contributed by atoms with Crippen LogP contribution in [-0.4, -0.2) is 53.3 Å². The van der Waals surface area contributed by atoms with Gasteiger partial charge in [0.2, 0.25) is 5.95 Å². The normalized spacial score (nSPS) is 16.2. The number of nitrogens with one attached hydrogen (secondary N) is 2. The highest BCUT2D eigenvalue weighted by Crippen LogP contribution is 2.29. The van der Waals surface area contributed by atoms with Gasteiger partial charge in [-0.15, -0.1) is 0 Å². The van der Waals surface area contributed by atoms with Crippen molar-refractivity contribution in [3.05, 3.63) is 65.7 Å². The van der Waals surface area contributed by atoms with Crippen LogP contribution in [0.3, 0.4) is 0 Å². The summed E-state index contributed by atoms with van der Waals surface area (Å²) in [5, 5.41) is 5.59. The number of pyridine rings is 1. The molecule has 1 fully saturated rings. The van der Waals surface area contributed by atoms with Gasteiger partial charge in [-0.1, -0.05) is 12.1 Å². The molecule has 34 heavy (non-hydrogen) atoms. The minimum atomic E-state index is -4.56. The Morgan fingerprint density at radius 1 is 1.12 bits per heavy atom.